The molecule has 0 spiro atoms. The number of halogens is 2. The highest BCUT2D eigenvalue weighted by molar-refractivity contribution is 9.10. The van der Waals surface area contributed by atoms with E-state index < -0.39 is 0 Å². The lowest BCUT2D eigenvalue weighted by Gasteiger charge is -2.35. The Labute approximate surface area is 158 Å². The largest absolute Gasteiger partial charge is 0.494 e. The molecule has 1 unspecified atom stereocenters. The summed E-state index contributed by atoms with van der Waals surface area (Å²) >= 11 is 3.53. The van der Waals surface area contributed by atoms with Gasteiger partial charge in [0.05, 0.1) is 6.61 Å². The molecule has 0 bridgehead atoms. The summed E-state index contributed by atoms with van der Waals surface area (Å²) < 4.78 is 6.77. The van der Waals surface area contributed by atoms with E-state index in [0.29, 0.717) is 31.0 Å². The summed E-state index contributed by atoms with van der Waals surface area (Å²) in [7, 11) is 0. The average Bonchev–Trinajstić information content (AvgIpc) is 3.29. The lowest BCUT2D eigenvalue weighted by molar-refractivity contribution is -0.138. The first-order chi connectivity index (χ1) is 11.1. The first kappa shape index (κ1) is 19.5. The van der Waals surface area contributed by atoms with Crippen LogP contribution < -0.4 is 10.1 Å². The predicted octanol–water partition coefficient (Wildman–Crippen LogP) is 3.62. The van der Waals surface area contributed by atoms with Crippen LogP contribution in [0.1, 0.15) is 32.3 Å². The van der Waals surface area contributed by atoms with E-state index in [4.69, 9.17) is 4.74 Å². The van der Waals surface area contributed by atoms with Crippen molar-refractivity contribution in [2.45, 2.75) is 39.3 Å². The Hall–Kier alpha value is -0.780. The number of hydrogen-bond acceptors (Lipinski definition) is 3. The summed E-state index contributed by atoms with van der Waals surface area (Å²) in [5.74, 6) is 1.76. The molecule has 1 aromatic carbocycles. The Morgan fingerprint density at radius 1 is 1.42 bits per heavy atom. The second-order valence-corrected chi connectivity index (χ2v) is 7.51. The van der Waals surface area contributed by atoms with Crippen LogP contribution in [-0.4, -0.2) is 36.5 Å². The fourth-order valence-corrected chi connectivity index (χ4v) is 3.46. The van der Waals surface area contributed by atoms with Gasteiger partial charge in [0.1, 0.15) is 5.75 Å². The highest BCUT2D eigenvalue weighted by Crippen LogP contribution is 2.34. The standard InChI is InChI=1S/C18H25BrN2O2.ClH/c1-3-23-17-7-4-15(19)8-13(17)11-21(16-5-6-16)18(22)12(2)14-9-20-10-14;/h4,7-8,12,14,16,20H,3,5-6,9-11H2,1-2H3;1H. The van der Waals surface area contributed by atoms with Crippen molar-refractivity contribution in [2.75, 3.05) is 19.7 Å². The van der Waals surface area contributed by atoms with Gasteiger partial charge in [0.25, 0.3) is 0 Å². The Kier molecular flexibility index (Phi) is 6.96. The number of carbonyl (C=O) groups is 1. The number of benzene rings is 1. The Bertz CT molecular complexity index is 576. The van der Waals surface area contributed by atoms with Crippen molar-refractivity contribution < 1.29 is 9.53 Å². The summed E-state index contributed by atoms with van der Waals surface area (Å²) in [6, 6.07) is 6.45. The first-order valence-corrected chi connectivity index (χ1v) is 9.32. The lowest BCUT2D eigenvalue weighted by Crippen LogP contribution is -2.50. The Balaban J connectivity index is 0.00000208. The minimum Gasteiger partial charge on any atom is -0.494 e. The third-order valence-electron chi connectivity index (χ3n) is 4.84. The zero-order valence-electron chi connectivity index (χ0n) is 14.3. The van der Waals surface area contributed by atoms with Gasteiger partial charge >= 0.3 is 0 Å². The molecule has 2 aliphatic rings. The highest BCUT2D eigenvalue weighted by atomic mass is 79.9. The molecule has 1 aromatic rings. The van der Waals surface area contributed by atoms with E-state index in [2.05, 4.69) is 39.1 Å². The van der Waals surface area contributed by atoms with Crippen molar-refractivity contribution in [3.8, 4) is 5.75 Å². The molecule has 1 amide bonds. The number of ether oxygens (including phenoxy) is 1. The van der Waals surface area contributed by atoms with Crippen LogP contribution in [0, 0.1) is 11.8 Å². The average molecular weight is 418 g/mol. The molecule has 1 aliphatic heterocycles. The van der Waals surface area contributed by atoms with Crippen molar-refractivity contribution in [3.05, 3.63) is 28.2 Å². The molecule has 0 aromatic heterocycles. The Morgan fingerprint density at radius 3 is 2.67 bits per heavy atom. The van der Waals surface area contributed by atoms with Crippen LogP contribution in [0.2, 0.25) is 0 Å². The summed E-state index contributed by atoms with van der Waals surface area (Å²) in [5.41, 5.74) is 1.08. The number of hydrogen-bond donors (Lipinski definition) is 1. The van der Waals surface area contributed by atoms with Gasteiger partial charge in [-0.15, -0.1) is 12.4 Å². The van der Waals surface area contributed by atoms with Crippen LogP contribution in [0.25, 0.3) is 0 Å². The number of nitrogens with one attached hydrogen (secondary N) is 1. The van der Waals surface area contributed by atoms with Gasteiger partial charge in [-0.1, -0.05) is 22.9 Å². The van der Waals surface area contributed by atoms with Gasteiger partial charge in [0.15, 0.2) is 0 Å². The zero-order chi connectivity index (χ0) is 16.4. The normalized spacial score (nSPS) is 18.3. The van der Waals surface area contributed by atoms with E-state index in [9.17, 15) is 4.79 Å². The van der Waals surface area contributed by atoms with Gasteiger partial charge in [-0.3, -0.25) is 4.79 Å². The molecule has 3 rings (SSSR count). The molecule has 1 saturated heterocycles. The van der Waals surface area contributed by atoms with Gasteiger partial charge in [0, 0.05) is 28.5 Å². The van der Waals surface area contributed by atoms with Crippen molar-refractivity contribution in [3.63, 3.8) is 0 Å². The fraction of sp³-hybridized carbons (Fsp3) is 0.611. The van der Waals surface area contributed by atoms with E-state index in [0.717, 1.165) is 41.7 Å². The third kappa shape index (κ3) is 4.44. The van der Waals surface area contributed by atoms with Crippen LogP contribution in [0.3, 0.4) is 0 Å². The van der Waals surface area contributed by atoms with Crippen LogP contribution in [0.4, 0.5) is 0 Å². The van der Waals surface area contributed by atoms with Crippen molar-refractivity contribution >= 4 is 34.2 Å². The van der Waals surface area contributed by atoms with Crippen LogP contribution >= 0.6 is 28.3 Å². The summed E-state index contributed by atoms with van der Waals surface area (Å²) in [5, 5.41) is 3.27. The number of amides is 1. The maximum Gasteiger partial charge on any atom is 0.226 e. The second kappa shape index (κ2) is 8.54. The molecular formula is C18H26BrClN2O2. The number of rotatable bonds is 7. The van der Waals surface area contributed by atoms with E-state index in [1.54, 1.807) is 0 Å². The summed E-state index contributed by atoms with van der Waals surface area (Å²) in [4.78, 5) is 15.0. The molecule has 1 atom stereocenters. The lowest BCUT2D eigenvalue weighted by atomic mass is 9.87. The number of nitrogens with zero attached hydrogens (tertiary/aromatic N) is 1. The van der Waals surface area contributed by atoms with E-state index in [-0.39, 0.29) is 18.3 Å². The summed E-state index contributed by atoms with van der Waals surface area (Å²) in [6.07, 6.45) is 2.25. The minimum absolute atomic E-state index is 0. The van der Waals surface area contributed by atoms with Crippen molar-refractivity contribution in [2.24, 2.45) is 11.8 Å². The zero-order valence-corrected chi connectivity index (χ0v) is 16.7. The van der Waals surface area contributed by atoms with Gasteiger partial charge in [-0.2, -0.15) is 0 Å². The van der Waals surface area contributed by atoms with Gasteiger partial charge in [-0.25, -0.2) is 0 Å². The maximum atomic E-state index is 13.0. The van der Waals surface area contributed by atoms with Gasteiger partial charge < -0.3 is 15.0 Å². The molecule has 134 valence electrons. The van der Waals surface area contributed by atoms with E-state index in [1.807, 2.05) is 19.1 Å². The highest BCUT2D eigenvalue weighted by Gasteiger charge is 2.38. The van der Waals surface area contributed by atoms with Crippen molar-refractivity contribution in [1.82, 2.24) is 10.2 Å². The predicted molar refractivity (Wildman–Crippen MR) is 102 cm³/mol. The van der Waals surface area contributed by atoms with E-state index >= 15 is 0 Å². The molecule has 24 heavy (non-hydrogen) atoms. The maximum absolute atomic E-state index is 13.0. The van der Waals surface area contributed by atoms with Crippen LogP contribution in [0.5, 0.6) is 5.75 Å². The fourth-order valence-electron chi connectivity index (χ4n) is 3.05. The molecular weight excluding hydrogens is 392 g/mol. The summed E-state index contributed by atoms with van der Waals surface area (Å²) in [6.45, 7) is 7.27. The van der Waals surface area contributed by atoms with Crippen LogP contribution in [-0.2, 0) is 11.3 Å². The van der Waals surface area contributed by atoms with Gasteiger partial charge in [-0.05, 0) is 57.0 Å². The monoisotopic (exact) mass is 416 g/mol. The molecule has 1 aliphatic carbocycles. The quantitative estimate of drug-likeness (QED) is 0.737. The molecule has 0 radical (unpaired) electrons. The van der Waals surface area contributed by atoms with Gasteiger partial charge in [0.2, 0.25) is 5.91 Å². The molecule has 1 saturated carbocycles. The first-order valence-electron chi connectivity index (χ1n) is 8.52. The second-order valence-electron chi connectivity index (χ2n) is 6.59. The van der Waals surface area contributed by atoms with Crippen molar-refractivity contribution in [1.29, 1.82) is 0 Å². The molecule has 4 nitrogen and oxygen atoms in total. The van der Waals surface area contributed by atoms with Crippen LogP contribution in [0.15, 0.2) is 22.7 Å². The third-order valence-corrected chi connectivity index (χ3v) is 5.34. The minimum atomic E-state index is 0. The molecule has 1 N–H and O–H groups in total. The smallest absolute Gasteiger partial charge is 0.226 e. The molecule has 1 heterocycles. The SMILES string of the molecule is CCOc1ccc(Br)cc1CN(C(=O)C(C)C1CNC1)C1CC1.Cl. The van der Waals surface area contributed by atoms with E-state index in [1.165, 1.54) is 0 Å². The molecule has 6 heteroatoms. The molecule has 2 fully saturated rings. The Morgan fingerprint density at radius 2 is 2.12 bits per heavy atom. The number of carbonyl (C=O) groups excluding carboxylic acids is 1. The topological polar surface area (TPSA) is 41.6 Å².